The first kappa shape index (κ1) is 14.0. The van der Waals surface area contributed by atoms with Crippen LogP contribution in [-0.2, 0) is 11.3 Å². The minimum atomic E-state index is -0.280. The van der Waals surface area contributed by atoms with Crippen molar-refractivity contribution in [2.24, 2.45) is 5.73 Å². The van der Waals surface area contributed by atoms with Crippen LogP contribution in [0, 0.1) is 0 Å². The van der Waals surface area contributed by atoms with Gasteiger partial charge in [-0.2, -0.15) is 0 Å². The molecular weight excluding hydrogens is 284 g/mol. The van der Waals surface area contributed by atoms with Crippen molar-refractivity contribution in [3.05, 3.63) is 28.2 Å². The molecule has 0 saturated carbocycles. The predicted molar refractivity (Wildman–Crippen MR) is 70.8 cm³/mol. The second-order valence-corrected chi connectivity index (χ2v) is 4.83. The van der Waals surface area contributed by atoms with Gasteiger partial charge in [-0.1, -0.05) is 15.9 Å². The molecule has 0 aliphatic rings. The highest BCUT2D eigenvalue weighted by molar-refractivity contribution is 9.10. The Morgan fingerprint density at radius 3 is 2.82 bits per heavy atom. The molecule has 0 atom stereocenters. The van der Waals surface area contributed by atoms with E-state index in [1.165, 1.54) is 0 Å². The number of carbonyl (C=O) groups is 1. The Morgan fingerprint density at radius 2 is 2.24 bits per heavy atom. The van der Waals surface area contributed by atoms with Gasteiger partial charge < -0.3 is 15.4 Å². The Bertz CT molecular complexity index is 396. The lowest BCUT2D eigenvalue weighted by atomic mass is 10.2. The molecule has 0 heterocycles. The Balaban J connectivity index is 2.66. The van der Waals surface area contributed by atoms with E-state index in [0.717, 1.165) is 22.3 Å². The number of nitrogens with two attached hydrogens (primary N) is 1. The average Bonchev–Trinajstić information content (AvgIpc) is 2.27. The van der Waals surface area contributed by atoms with Crippen molar-refractivity contribution in [3.63, 3.8) is 0 Å². The third kappa shape index (κ3) is 4.75. The Hall–Kier alpha value is -1.07. The summed E-state index contributed by atoms with van der Waals surface area (Å²) in [4.78, 5) is 12.7. The normalized spacial score (nSPS) is 10.6. The summed E-state index contributed by atoms with van der Waals surface area (Å²) in [5.74, 6) is 0.567. The summed E-state index contributed by atoms with van der Waals surface area (Å²) in [6.07, 6.45) is 0.368. The Kier molecular flexibility index (Phi) is 5.44. The quantitative estimate of drug-likeness (QED) is 0.871. The number of methoxy groups -OCH3 is 1. The summed E-state index contributed by atoms with van der Waals surface area (Å²) in [6, 6.07) is 5.87. The molecule has 1 aromatic carbocycles. The molecule has 0 aromatic heterocycles. The number of hydrogen-bond acceptors (Lipinski definition) is 3. The Morgan fingerprint density at radius 1 is 1.53 bits per heavy atom. The highest BCUT2D eigenvalue weighted by Crippen LogP contribution is 2.23. The van der Waals surface area contributed by atoms with Crippen molar-refractivity contribution in [1.82, 2.24) is 4.90 Å². The van der Waals surface area contributed by atoms with Gasteiger partial charge >= 0.3 is 0 Å². The summed E-state index contributed by atoms with van der Waals surface area (Å²) in [5.41, 5.74) is 6.19. The first-order chi connectivity index (χ1) is 8.02. The van der Waals surface area contributed by atoms with Crippen LogP contribution in [0.15, 0.2) is 22.7 Å². The van der Waals surface area contributed by atoms with Crippen molar-refractivity contribution in [2.75, 3.05) is 20.7 Å². The highest BCUT2D eigenvalue weighted by Gasteiger charge is 2.07. The van der Waals surface area contributed by atoms with E-state index in [1.54, 1.807) is 7.11 Å². The fourth-order valence-electron chi connectivity index (χ4n) is 1.54. The number of halogens is 1. The molecule has 0 radical (unpaired) electrons. The molecule has 1 rings (SSSR count). The van der Waals surface area contributed by atoms with Gasteiger partial charge in [-0.25, -0.2) is 0 Å². The standard InChI is InChI=1S/C12H17BrN2O2/c1-15(6-5-12(14)16)8-9-7-10(13)3-4-11(9)17-2/h3-4,7H,5-6,8H2,1-2H3,(H2,14,16). The van der Waals surface area contributed by atoms with E-state index in [0.29, 0.717) is 13.0 Å². The van der Waals surface area contributed by atoms with Crippen molar-refractivity contribution in [2.45, 2.75) is 13.0 Å². The van der Waals surface area contributed by atoms with Crippen LogP contribution < -0.4 is 10.5 Å². The average molecular weight is 301 g/mol. The van der Waals surface area contributed by atoms with E-state index in [-0.39, 0.29) is 5.91 Å². The molecule has 17 heavy (non-hydrogen) atoms. The fraction of sp³-hybridized carbons (Fsp3) is 0.417. The van der Waals surface area contributed by atoms with E-state index < -0.39 is 0 Å². The van der Waals surface area contributed by atoms with Crippen LogP contribution >= 0.6 is 15.9 Å². The van der Waals surface area contributed by atoms with Crippen molar-refractivity contribution in [1.29, 1.82) is 0 Å². The fourth-order valence-corrected chi connectivity index (χ4v) is 1.95. The maximum Gasteiger partial charge on any atom is 0.218 e. The molecule has 5 heteroatoms. The first-order valence-corrected chi connectivity index (χ1v) is 6.11. The maximum atomic E-state index is 10.7. The van der Waals surface area contributed by atoms with Gasteiger partial charge in [-0.15, -0.1) is 0 Å². The van der Waals surface area contributed by atoms with Crippen molar-refractivity contribution in [3.8, 4) is 5.75 Å². The zero-order chi connectivity index (χ0) is 12.8. The number of carbonyl (C=O) groups excluding carboxylic acids is 1. The number of primary amides is 1. The van der Waals surface area contributed by atoms with Crippen LogP contribution in [0.5, 0.6) is 5.75 Å². The molecular formula is C12H17BrN2O2. The van der Waals surface area contributed by atoms with Gasteiger partial charge in [0, 0.05) is 29.5 Å². The molecule has 1 amide bonds. The van der Waals surface area contributed by atoms with Crippen LogP contribution in [-0.4, -0.2) is 31.5 Å². The second-order valence-electron chi connectivity index (χ2n) is 3.91. The Labute approximate surface area is 110 Å². The van der Waals surface area contributed by atoms with Crippen LogP contribution in [0.4, 0.5) is 0 Å². The summed E-state index contributed by atoms with van der Waals surface area (Å²) in [5, 5.41) is 0. The maximum absolute atomic E-state index is 10.7. The largest absolute Gasteiger partial charge is 0.496 e. The smallest absolute Gasteiger partial charge is 0.218 e. The molecule has 1 aromatic rings. The molecule has 94 valence electrons. The molecule has 0 spiro atoms. The molecule has 0 bridgehead atoms. The predicted octanol–water partition coefficient (Wildman–Crippen LogP) is 1.76. The van der Waals surface area contributed by atoms with Crippen LogP contribution in [0.1, 0.15) is 12.0 Å². The second kappa shape index (κ2) is 6.61. The van der Waals surface area contributed by atoms with Gasteiger partial charge in [-0.3, -0.25) is 4.79 Å². The van der Waals surface area contributed by atoms with Gasteiger partial charge in [0.25, 0.3) is 0 Å². The lowest BCUT2D eigenvalue weighted by molar-refractivity contribution is -0.118. The third-order valence-corrected chi connectivity index (χ3v) is 2.92. The minimum absolute atomic E-state index is 0.280. The lowest BCUT2D eigenvalue weighted by Crippen LogP contribution is -2.24. The summed E-state index contributed by atoms with van der Waals surface area (Å²) < 4.78 is 6.30. The van der Waals surface area contributed by atoms with Gasteiger partial charge in [0.15, 0.2) is 0 Å². The third-order valence-electron chi connectivity index (χ3n) is 2.42. The SMILES string of the molecule is COc1ccc(Br)cc1CN(C)CCC(N)=O. The summed E-state index contributed by atoms with van der Waals surface area (Å²) in [7, 11) is 3.60. The molecule has 2 N–H and O–H groups in total. The van der Waals surface area contributed by atoms with Crippen molar-refractivity contribution < 1.29 is 9.53 Å². The number of rotatable bonds is 6. The van der Waals surface area contributed by atoms with Gasteiger partial charge in [0.2, 0.25) is 5.91 Å². The number of ether oxygens (including phenoxy) is 1. The van der Waals surface area contributed by atoms with E-state index in [2.05, 4.69) is 15.9 Å². The van der Waals surface area contributed by atoms with Gasteiger partial charge in [-0.05, 0) is 25.2 Å². The van der Waals surface area contributed by atoms with E-state index in [9.17, 15) is 4.79 Å². The molecule has 0 aliphatic heterocycles. The van der Waals surface area contributed by atoms with E-state index >= 15 is 0 Å². The molecule has 0 unspecified atom stereocenters. The molecule has 4 nitrogen and oxygen atoms in total. The molecule has 0 aliphatic carbocycles. The highest BCUT2D eigenvalue weighted by atomic mass is 79.9. The minimum Gasteiger partial charge on any atom is -0.496 e. The monoisotopic (exact) mass is 300 g/mol. The number of benzene rings is 1. The number of nitrogens with zero attached hydrogens (tertiary/aromatic N) is 1. The zero-order valence-corrected chi connectivity index (χ0v) is 11.7. The number of hydrogen-bond donors (Lipinski definition) is 1. The van der Waals surface area contributed by atoms with E-state index in [1.807, 2.05) is 30.1 Å². The zero-order valence-electron chi connectivity index (χ0n) is 10.1. The van der Waals surface area contributed by atoms with Gasteiger partial charge in [0.1, 0.15) is 5.75 Å². The lowest BCUT2D eigenvalue weighted by Gasteiger charge is -2.17. The van der Waals surface area contributed by atoms with Crippen molar-refractivity contribution >= 4 is 21.8 Å². The molecule has 0 fully saturated rings. The van der Waals surface area contributed by atoms with Gasteiger partial charge in [0.05, 0.1) is 7.11 Å². The summed E-state index contributed by atoms with van der Waals surface area (Å²) in [6.45, 7) is 1.36. The van der Waals surface area contributed by atoms with Crippen LogP contribution in [0.25, 0.3) is 0 Å². The van der Waals surface area contributed by atoms with Crippen LogP contribution in [0.2, 0.25) is 0 Å². The van der Waals surface area contributed by atoms with E-state index in [4.69, 9.17) is 10.5 Å². The summed E-state index contributed by atoms with van der Waals surface area (Å²) >= 11 is 3.43. The van der Waals surface area contributed by atoms with Crippen LogP contribution in [0.3, 0.4) is 0 Å². The topological polar surface area (TPSA) is 55.6 Å². The molecule has 0 saturated heterocycles. The first-order valence-electron chi connectivity index (χ1n) is 5.32. The number of amides is 1.